The lowest BCUT2D eigenvalue weighted by molar-refractivity contribution is 0.435. The maximum Gasteiger partial charge on any atom is 0.169 e. The second kappa shape index (κ2) is 3.83. The summed E-state index contributed by atoms with van der Waals surface area (Å²) in [4.78, 5) is 0. The molecule has 5 heteroatoms. The number of aryl methyl sites for hydroxylation is 1. The number of hydrogen-bond acceptors (Lipinski definition) is 4. The number of anilines is 1. The van der Waals surface area contributed by atoms with E-state index >= 15 is 0 Å². The minimum absolute atomic E-state index is 0.214. The van der Waals surface area contributed by atoms with Crippen LogP contribution in [0.15, 0.2) is 21.1 Å². The summed E-state index contributed by atoms with van der Waals surface area (Å²) < 4.78 is 5.79. The Bertz CT molecular complexity index is 549. The minimum atomic E-state index is 0.214. The third-order valence-corrected chi connectivity index (χ3v) is 3.45. The van der Waals surface area contributed by atoms with Crippen LogP contribution in [0.25, 0.3) is 11.3 Å². The van der Waals surface area contributed by atoms with Gasteiger partial charge >= 0.3 is 0 Å². The van der Waals surface area contributed by atoms with Gasteiger partial charge < -0.3 is 15.4 Å². The Kier molecular flexibility index (Phi) is 2.63. The maximum absolute atomic E-state index is 9.64. The highest BCUT2D eigenvalue weighted by atomic mass is 79.9. The van der Waals surface area contributed by atoms with E-state index in [1.54, 1.807) is 12.1 Å². The molecular weight excluding hydrogens is 272 g/mol. The van der Waals surface area contributed by atoms with Crippen LogP contribution in [0.5, 0.6) is 5.75 Å². The molecule has 4 nitrogen and oxygen atoms in total. The molecule has 0 saturated heterocycles. The van der Waals surface area contributed by atoms with Gasteiger partial charge in [-0.05, 0) is 47.0 Å². The lowest BCUT2D eigenvalue weighted by Crippen LogP contribution is -1.89. The molecule has 0 aliphatic heterocycles. The standard InChI is InChI=1S/C11H11BrN2O2/c1-5-3-7(15)11(12)6(2)10(5)8-4-9(13)14-16-8/h3-4,15H,1-2H3,(H2,13,14). The largest absolute Gasteiger partial charge is 0.507 e. The summed E-state index contributed by atoms with van der Waals surface area (Å²) in [6.07, 6.45) is 0. The number of hydrogen-bond donors (Lipinski definition) is 2. The van der Waals surface area contributed by atoms with Crippen LogP contribution in [0.1, 0.15) is 11.1 Å². The van der Waals surface area contributed by atoms with E-state index in [1.165, 1.54) is 0 Å². The van der Waals surface area contributed by atoms with Crippen LogP contribution in [-0.2, 0) is 0 Å². The fourth-order valence-corrected chi connectivity index (χ4v) is 2.04. The number of halogens is 1. The van der Waals surface area contributed by atoms with Gasteiger partial charge in [-0.25, -0.2) is 0 Å². The number of nitrogen functional groups attached to an aromatic ring is 1. The number of nitrogens with two attached hydrogens (primary N) is 1. The summed E-state index contributed by atoms with van der Waals surface area (Å²) in [7, 11) is 0. The molecule has 0 bridgehead atoms. The molecule has 0 unspecified atom stereocenters. The van der Waals surface area contributed by atoms with Gasteiger partial charge in [-0.3, -0.25) is 0 Å². The number of phenols is 1. The highest BCUT2D eigenvalue weighted by Crippen LogP contribution is 2.37. The minimum Gasteiger partial charge on any atom is -0.507 e. The van der Waals surface area contributed by atoms with Gasteiger partial charge in [0.1, 0.15) is 5.75 Å². The second-order valence-corrected chi connectivity index (χ2v) is 4.44. The van der Waals surface area contributed by atoms with Gasteiger partial charge in [-0.15, -0.1) is 0 Å². The predicted octanol–water partition coefficient (Wildman–Crippen LogP) is 3.01. The Balaban J connectivity index is 2.70. The number of phenolic OH excluding ortho intramolecular Hbond substituents is 1. The van der Waals surface area contributed by atoms with Crippen molar-refractivity contribution in [3.05, 3.63) is 27.7 Å². The predicted molar refractivity (Wildman–Crippen MR) is 65.2 cm³/mol. The van der Waals surface area contributed by atoms with Gasteiger partial charge in [-0.1, -0.05) is 5.16 Å². The molecule has 2 aromatic rings. The molecule has 0 amide bonds. The van der Waals surface area contributed by atoms with E-state index in [1.807, 2.05) is 13.8 Å². The molecule has 0 radical (unpaired) electrons. The smallest absolute Gasteiger partial charge is 0.169 e. The van der Waals surface area contributed by atoms with Crippen LogP contribution in [-0.4, -0.2) is 10.3 Å². The average Bonchev–Trinajstić information content (AvgIpc) is 2.61. The topological polar surface area (TPSA) is 72.3 Å². The molecule has 16 heavy (non-hydrogen) atoms. The van der Waals surface area contributed by atoms with E-state index < -0.39 is 0 Å². The quantitative estimate of drug-likeness (QED) is 0.843. The SMILES string of the molecule is Cc1cc(O)c(Br)c(C)c1-c1cc(N)no1. The number of aromatic nitrogens is 1. The van der Waals surface area contributed by atoms with E-state index in [0.717, 1.165) is 16.7 Å². The molecule has 0 atom stereocenters. The number of benzene rings is 1. The van der Waals surface area contributed by atoms with Crippen molar-refractivity contribution in [2.24, 2.45) is 0 Å². The Morgan fingerprint density at radius 3 is 2.62 bits per heavy atom. The molecule has 2 rings (SSSR count). The van der Waals surface area contributed by atoms with Crippen molar-refractivity contribution in [2.75, 3.05) is 5.73 Å². The summed E-state index contributed by atoms with van der Waals surface area (Å²) in [5, 5.41) is 13.3. The average molecular weight is 283 g/mol. The molecule has 0 aliphatic rings. The van der Waals surface area contributed by atoms with Gasteiger partial charge in [-0.2, -0.15) is 0 Å². The van der Waals surface area contributed by atoms with E-state index in [0.29, 0.717) is 16.1 Å². The maximum atomic E-state index is 9.64. The summed E-state index contributed by atoms with van der Waals surface area (Å²) in [6, 6.07) is 3.34. The number of nitrogens with zero attached hydrogens (tertiary/aromatic N) is 1. The van der Waals surface area contributed by atoms with Crippen molar-refractivity contribution in [3.8, 4) is 17.1 Å². The van der Waals surface area contributed by atoms with Crippen LogP contribution < -0.4 is 5.73 Å². The Hall–Kier alpha value is -1.49. The van der Waals surface area contributed by atoms with Crippen molar-refractivity contribution in [2.45, 2.75) is 13.8 Å². The molecule has 1 heterocycles. The summed E-state index contributed by atoms with van der Waals surface area (Å²) in [6.45, 7) is 3.79. The van der Waals surface area contributed by atoms with Gasteiger partial charge in [0.15, 0.2) is 11.6 Å². The fraction of sp³-hybridized carbons (Fsp3) is 0.182. The zero-order valence-corrected chi connectivity index (χ0v) is 10.5. The molecule has 0 saturated carbocycles. The normalized spacial score (nSPS) is 10.7. The molecular formula is C11H11BrN2O2. The zero-order chi connectivity index (χ0) is 11.9. The van der Waals surface area contributed by atoms with Crippen molar-refractivity contribution in [1.29, 1.82) is 0 Å². The zero-order valence-electron chi connectivity index (χ0n) is 8.91. The first kappa shape index (κ1) is 11.0. The van der Waals surface area contributed by atoms with Crippen molar-refractivity contribution in [1.82, 2.24) is 5.16 Å². The third-order valence-electron chi connectivity index (χ3n) is 2.45. The van der Waals surface area contributed by atoms with Crippen LogP contribution in [0.2, 0.25) is 0 Å². The Morgan fingerprint density at radius 2 is 2.06 bits per heavy atom. The van der Waals surface area contributed by atoms with E-state index in [2.05, 4.69) is 21.1 Å². The lowest BCUT2D eigenvalue weighted by Gasteiger charge is -2.10. The van der Waals surface area contributed by atoms with Gasteiger partial charge in [0, 0.05) is 11.6 Å². The first-order valence-corrected chi connectivity index (χ1v) is 5.51. The van der Waals surface area contributed by atoms with Gasteiger partial charge in [0.25, 0.3) is 0 Å². The Labute approximate surface area is 101 Å². The summed E-state index contributed by atoms with van der Waals surface area (Å²) in [5.41, 5.74) is 8.22. The first-order valence-electron chi connectivity index (χ1n) is 4.72. The molecule has 0 spiro atoms. The molecule has 84 valence electrons. The van der Waals surface area contributed by atoms with E-state index in [9.17, 15) is 5.11 Å². The first-order chi connectivity index (χ1) is 7.50. The molecule has 0 fully saturated rings. The van der Waals surface area contributed by atoms with E-state index in [4.69, 9.17) is 10.3 Å². The second-order valence-electron chi connectivity index (χ2n) is 3.64. The third kappa shape index (κ3) is 1.67. The number of rotatable bonds is 1. The van der Waals surface area contributed by atoms with Crippen LogP contribution in [0.3, 0.4) is 0 Å². The van der Waals surface area contributed by atoms with E-state index in [-0.39, 0.29) is 5.75 Å². The molecule has 1 aromatic carbocycles. The highest BCUT2D eigenvalue weighted by molar-refractivity contribution is 9.10. The van der Waals surface area contributed by atoms with Crippen molar-refractivity contribution < 1.29 is 9.63 Å². The molecule has 0 aliphatic carbocycles. The van der Waals surface area contributed by atoms with Crippen LogP contribution >= 0.6 is 15.9 Å². The van der Waals surface area contributed by atoms with Crippen LogP contribution in [0, 0.1) is 13.8 Å². The highest BCUT2D eigenvalue weighted by Gasteiger charge is 2.15. The summed E-state index contributed by atoms with van der Waals surface area (Å²) in [5.74, 6) is 1.16. The summed E-state index contributed by atoms with van der Waals surface area (Å²) >= 11 is 3.32. The monoisotopic (exact) mass is 282 g/mol. The van der Waals surface area contributed by atoms with Gasteiger partial charge in [0.2, 0.25) is 0 Å². The number of aromatic hydroxyl groups is 1. The van der Waals surface area contributed by atoms with Crippen LogP contribution in [0.4, 0.5) is 5.82 Å². The Morgan fingerprint density at radius 1 is 1.38 bits per heavy atom. The van der Waals surface area contributed by atoms with Crippen molar-refractivity contribution in [3.63, 3.8) is 0 Å². The van der Waals surface area contributed by atoms with Crippen molar-refractivity contribution >= 4 is 21.7 Å². The lowest BCUT2D eigenvalue weighted by atomic mass is 10.0. The fourth-order valence-electron chi connectivity index (χ4n) is 1.72. The van der Waals surface area contributed by atoms with Gasteiger partial charge in [0.05, 0.1) is 4.47 Å². The molecule has 3 N–H and O–H groups in total. The molecule has 1 aromatic heterocycles.